The van der Waals surface area contributed by atoms with Crippen LogP contribution in [0.2, 0.25) is 0 Å². The highest BCUT2D eigenvalue weighted by Crippen LogP contribution is 2.34. The second kappa shape index (κ2) is 5.06. The van der Waals surface area contributed by atoms with Crippen molar-refractivity contribution in [1.82, 2.24) is 5.32 Å². The summed E-state index contributed by atoms with van der Waals surface area (Å²) in [4.78, 5) is 0. The number of fused-ring (bicyclic) bond motifs is 1. The average molecular weight is 275 g/mol. The second-order valence-corrected chi connectivity index (χ2v) is 4.83. The maximum atomic E-state index is 9.75. The van der Waals surface area contributed by atoms with E-state index in [4.69, 9.17) is 5.48 Å². The van der Waals surface area contributed by atoms with Gasteiger partial charge in [0.25, 0.3) is 0 Å². The van der Waals surface area contributed by atoms with Gasteiger partial charge in [0.1, 0.15) is 5.75 Å². The molecule has 1 aliphatic rings. The first-order valence-electron chi connectivity index (χ1n) is 8.37. The lowest BCUT2D eigenvalue weighted by Gasteiger charge is -2.27. The smallest absolute Gasteiger partial charge is 0.157 e. The van der Waals surface area contributed by atoms with Gasteiger partial charge in [0, 0.05) is 6.04 Å². The standard InChI is InChI=1S/C16H17NO3/c18-12-3-1-10(2-4-12)7-14-13-9-16(20)15(19)8-11(13)5-6-17-14/h1-4,8-9,14,17-20H,5-7H2/i1D,2D,3D,4D. The van der Waals surface area contributed by atoms with Crippen molar-refractivity contribution >= 4 is 0 Å². The Kier molecular flexibility index (Phi) is 2.24. The molecule has 3 rings (SSSR count). The lowest BCUT2D eigenvalue weighted by Crippen LogP contribution is -2.31. The molecule has 4 N–H and O–H groups in total. The van der Waals surface area contributed by atoms with Crippen LogP contribution in [0.1, 0.15) is 28.2 Å². The summed E-state index contributed by atoms with van der Waals surface area (Å²) in [6, 6.07) is 1.17. The highest BCUT2D eigenvalue weighted by molar-refractivity contribution is 5.48. The van der Waals surface area contributed by atoms with Crippen molar-refractivity contribution in [1.29, 1.82) is 0 Å². The molecule has 0 bridgehead atoms. The third-order valence-electron chi connectivity index (χ3n) is 3.47. The van der Waals surface area contributed by atoms with Gasteiger partial charge in [-0.05, 0) is 60.3 Å². The minimum absolute atomic E-state index is 0.174. The van der Waals surface area contributed by atoms with Crippen molar-refractivity contribution in [3.8, 4) is 17.2 Å². The molecule has 0 amide bonds. The maximum Gasteiger partial charge on any atom is 0.157 e. The van der Waals surface area contributed by atoms with E-state index < -0.39 is 17.8 Å². The van der Waals surface area contributed by atoms with Crippen molar-refractivity contribution in [2.75, 3.05) is 6.54 Å². The molecule has 0 spiro atoms. The Morgan fingerprint density at radius 1 is 1.10 bits per heavy atom. The van der Waals surface area contributed by atoms with Crippen molar-refractivity contribution in [3.05, 3.63) is 53.0 Å². The molecule has 0 aromatic heterocycles. The Morgan fingerprint density at radius 3 is 2.55 bits per heavy atom. The topological polar surface area (TPSA) is 72.7 Å². The van der Waals surface area contributed by atoms with Gasteiger partial charge < -0.3 is 20.6 Å². The zero-order chi connectivity index (χ0) is 17.6. The van der Waals surface area contributed by atoms with Crippen LogP contribution in [0.25, 0.3) is 0 Å². The third-order valence-corrected chi connectivity index (χ3v) is 3.47. The van der Waals surface area contributed by atoms with E-state index in [1.54, 1.807) is 0 Å². The molecule has 1 atom stereocenters. The van der Waals surface area contributed by atoms with E-state index >= 15 is 0 Å². The van der Waals surface area contributed by atoms with E-state index in [0.717, 1.165) is 11.1 Å². The summed E-state index contributed by atoms with van der Waals surface area (Å²) in [6.07, 6.45) is 0.844. The molecule has 4 heteroatoms. The number of hydrogen-bond donors (Lipinski definition) is 4. The number of phenols is 3. The molecular formula is C16H17NO3. The van der Waals surface area contributed by atoms with Crippen LogP contribution in [0.3, 0.4) is 0 Å². The Morgan fingerprint density at radius 2 is 1.80 bits per heavy atom. The molecule has 0 radical (unpaired) electrons. The molecule has 4 nitrogen and oxygen atoms in total. The van der Waals surface area contributed by atoms with Gasteiger partial charge in [0.05, 0.1) is 5.48 Å². The van der Waals surface area contributed by atoms with Gasteiger partial charge in [0.15, 0.2) is 11.5 Å². The minimum Gasteiger partial charge on any atom is -0.508 e. The normalized spacial score (nSPS) is 20.5. The first-order valence-corrected chi connectivity index (χ1v) is 6.37. The van der Waals surface area contributed by atoms with Crippen LogP contribution in [-0.2, 0) is 12.8 Å². The fraction of sp³-hybridized carbons (Fsp3) is 0.250. The zero-order valence-corrected chi connectivity index (χ0v) is 10.7. The lowest BCUT2D eigenvalue weighted by atomic mass is 9.90. The summed E-state index contributed by atoms with van der Waals surface area (Å²) < 4.78 is 31.4. The van der Waals surface area contributed by atoms with Crippen molar-refractivity contribution in [3.63, 3.8) is 0 Å². The molecule has 0 fully saturated rings. The summed E-state index contributed by atoms with van der Waals surface area (Å²) in [5, 5.41) is 32.2. The van der Waals surface area contributed by atoms with Crippen molar-refractivity contribution in [2.45, 2.75) is 18.9 Å². The second-order valence-electron chi connectivity index (χ2n) is 4.83. The number of aromatic hydroxyl groups is 3. The zero-order valence-electron chi connectivity index (χ0n) is 14.7. The highest BCUT2D eigenvalue weighted by Gasteiger charge is 2.21. The summed E-state index contributed by atoms with van der Waals surface area (Å²) >= 11 is 0. The SMILES string of the molecule is [2H]c1c([2H])c(CC2NCCc3cc(O)c(O)cc32)c([2H])c([2H])c1O. The quantitative estimate of drug-likeness (QED) is 0.634. The van der Waals surface area contributed by atoms with Gasteiger partial charge in [-0.1, -0.05) is 12.1 Å². The molecule has 0 aliphatic carbocycles. The van der Waals surface area contributed by atoms with Crippen molar-refractivity contribution < 1.29 is 20.8 Å². The van der Waals surface area contributed by atoms with Gasteiger partial charge in [-0.15, -0.1) is 0 Å². The van der Waals surface area contributed by atoms with Gasteiger partial charge in [0.2, 0.25) is 0 Å². The molecular weight excluding hydrogens is 254 g/mol. The van der Waals surface area contributed by atoms with Gasteiger partial charge in [-0.25, -0.2) is 0 Å². The number of benzene rings is 2. The van der Waals surface area contributed by atoms with E-state index in [-0.39, 0.29) is 41.6 Å². The van der Waals surface area contributed by atoms with E-state index in [0.29, 0.717) is 13.0 Å². The Bertz CT molecular complexity index is 797. The van der Waals surface area contributed by atoms with Crippen molar-refractivity contribution in [2.24, 2.45) is 0 Å². The Hall–Kier alpha value is -2.20. The van der Waals surface area contributed by atoms with E-state index in [1.165, 1.54) is 12.1 Å². The first-order chi connectivity index (χ1) is 11.3. The molecule has 0 saturated heterocycles. The summed E-state index contributed by atoms with van der Waals surface area (Å²) in [7, 11) is 0. The largest absolute Gasteiger partial charge is 0.508 e. The molecule has 0 saturated carbocycles. The third kappa shape index (κ3) is 2.42. The number of rotatable bonds is 2. The highest BCUT2D eigenvalue weighted by atomic mass is 16.3. The molecule has 2 aromatic rings. The van der Waals surface area contributed by atoms with Crippen LogP contribution >= 0.6 is 0 Å². The number of hydrogen-bond acceptors (Lipinski definition) is 4. The number of nitrogens with one attached hydrogen (secondary N) is 1. The van der Waals surface area contributed by atoms with Crippen LogP contribution < -0.4 is 5.32 Å². The Balaban J connectivity index is 2.05. The van der Waals surface area contributed by atoms with Crippen LogP contribution in [-0.4, -0.2) is 21.9 Å². The lowest BCUT2D eigenvalue weighted by molar-refractivity contribution is 0.398. The first kappa shape index (κ1) is 8.87. The fourth-order valence-electron chi connectivity index (χ4n) is 2.49. The summed E-state index contributed by atoms with van der Waals surface area (Å²) in [6.45, 7) is 0.627. The van der Waals surface area contributed by atoms with E-state index in [9.17, 15) is 15.3 Å². The molecule has 20 heavy (non-hydrogen) atoms. The van der Waals surface area contributed by atoms with Gasteiger partial charge in [-0.2, -0.15) is 0 Å². The predicted octanol–water partition coefficient (Wildman–Crippen LogP) is 2.23. The summed E-state index contributed by atoms with van der Waals surface area (Å²) in [5.74, 6) is -1.09. The average Bonchev–Trinajstić information content (AvgIpc) is 2.56. The molecule has 1 heterocycles. The van der Waals surface area contributed by atoms with E-state index in [1.807, 2.05) is 0 Å². The maximum absolute atomic E-state index is 9.75. The van der Waals surface area contributed by atoms with Gasteiger partial charge in [-0.3, -0.25) is 0 Å². The molecule has 2 aromatic carbocycles. The number of phenolic OH excluding ortho intramolecular Hbond substituents is 3. The molecule has 104 valence electrons. The molecule has 1 unspecified atom stereocenters. The van der Waals surface area contributed by atoms with Crippen LogP contribution in [0.15, 0.2) is 36.3 Å². The Labute approximate surface area is 122 Å². The van der Waals surface area contributed by atoms with Crippen LogP contribution in [0.4, 0.5) is 0 Å². The monoisotopic (exact) mass is 275 g/mol. The fourth-order valence-corrected chi connectivity index (χ4v) is 2.49. The molecule has 1 aliphatic heterocycles. The van der Waals surface area contributed by atoms with Gasteiger partial charge >= 0.3 is 0 Å². The van der Waals surface area contributed by atoms with Crippen LogP contribution in [0.5, 0.6) is 17.2 Å². The van der Waals surface area contributed by atoms with Crippen LogP contribution in [0, 0.1) is 0 Å². The predicted molar refractivity (Wildman–Crippen MR) is 76.0 cm³/mol. The summed E-state index contributed by atoms with van der Waals surface area (Å²) in [5.41, 5.74) is 1.81. The van der Waals surface area contributed by atoms with E-state index in [2.05, 4.69) is 5.32 Å². The minimum atomic E-state index is -0.659.